The van der Waals surface area contributed by atoms with E-state index in [9.17, 15) is 4.79 Å². The maximum absolute atomic E-state index is 11.1. The lowest BCUT2D eigenvalue weighted by atomic mass is 10.2. The van der Waals surface area contributed by atoms with Crippen LogP contribution in [0.3, 0.4) is 0 Å². The quantitative estimate of drug-likeness (QED) is 0.812. The maximum Gasteiger partial charge on any atom is 0.339 e. The van der Waals surface area contributed by atoms with Crippen LogP contribution in [0.2, 0.25) is 0 Å². The second kappa shape index (κ2) is 4.79. The largest absolute Gasteiger partial charge is 0.478 e. The summed E-state index contributed by atoms with van der Waals surface area (Å²) in [6.07, 6.45) is 0. The number of anilines is 1. The van der Waals surface area contributed by atoms with Gasteiger partial charge in [0.05, 0.1) is 0 Å². The van der Waals surface area contributed by atoms with Crippen LogP contribution in [0.4, 0.5) is 5.69 Å². The number of carbonyl (C=O) groups is 1. The molecular weight excluding hydrogens is 230 g/mol. The molecule has 0 saturated heterocycles. The van der Waals surface area contributed by atoms with Crippen molar-refractivity contribution >= 4 is 11.7 Å². The first-order valence-corrected chi connectivity index (χ1v) is 5.43. The van der Waals surface area contributed by atoms with Crippen LogP contribution in [-0.2, 0) is 0 Å². The minimum absolute atomic E-state index is 0.0886. The highest BCUT2D eigenvalue weighted by molar-refractivity contribution is 5.91. The molecule has 3 N–H and O–H groups in total. The molecule has 0 radical (unpaired) electrons. The fraction of sp³-hybridized carbons (Fsp3) is 0.0714. The van der Waals surface area contributed by atoms with E-state index in [4.69, 9.17) is 15.6 Å². The highest BCUT2D eigenvalue weighted by Gasteiger charge is 2.12. The van der Waals surface area contributed by atoms with E-state index in [-0.39, 0.29) is 11.3 Å². The molecule has 0 bridgehead atoms. The fourth-order valence-corrected chi connectivity index (χ4v) is 1.61. The Balaban J connectivity index is 2.39. The highest BCUT2D eigenvalue weighted by atomic mass is 16.5. The van der Waals surface area contributed by atoms with Gasteiger partial charge in [-0.3, -0.25) is 0 Å². The Labute approximate surface area is 105 Å². The summed E-state index contributed by atoms with van der Waals surface area (Å²) in [7, 11) is 0. The minimum atomic E-state index is -1.04. The summed E-state index contributed by atoms with van der Waals surface area (Å²) in [5.74, 6) is -0.214. The van der Waals surface area contributed by atoms with Crippen LogP contribution in [0.5, 0.6) is 11.5 Å². The topological polar surface area (TPSA) is 72.5 Å². The van der Waals surface area contributed by atoms with Crippen LogP contribution in [0.25, 0.3) is 0 Å². The van der Waals surface area contributed by atoms with Gasteiger partial charge in [0.2, 0.25) is 0 Å². The second-order valence-corrected chi connectivity index (χ2v) is 3.98. The third-order valence-electron chi connectivity index (χ3n) is 2.45. The summed E-state index contributed by atoms with van der Waals surface area (Å²) in [6.45, 7) is 1.93. The van der Waals surface area contributed by atoms with E-state index < -0.39 is 5.97 Å². The molecular formula is C14H13NO3. The van der Waals surface area contributed by atoms with Crippen molar-refractivity contribution in [2.45, 2.75) is 6.92 Å². The number of benzene rings is 2. The molecule has 18 heavy (non-hydrogen) atoms. The van der Waals surface area contributed by atoms with Crippen LogP contribution in [-0.4, -0.2) is 11.1 Å². The Hall–Kier alpha value is -2.49. The van der Waals surface area contributed by atoms with Crippen LogP contribution in [0.15, 0.2) is 42.5 Å². The molecule has 0 unspecified atom stereocenters. The standard InChI is InChI=1S/C14H13NO3/c1-9-3-2-4-11(7-9)18-13-8-10(15)5-6-12(13)14(16)17/h2-8H,15H2,1H3,(H,16,17). The molecule has 0 saturated carbocycles. The van der Waals surface area contributed by atoms with Crippen LogP contribution < -0.4 is 10.5 Å². The van der Waals surface area contributed by atoms with Gasteiger partial charge in [-0.15, -0.1) is 0 Å². The molecule has 2 rings (SSSR count). The normalized spacial score (nSPS) is 10.1. The number of rotatable bonds is 3. The van der Waals surface area contributed by atoms with Gasteiger partial charge in [0.15, 0.2) is 0 Å². The summed E-state index contributed by atoms with van der Waals surface area (Å²) < 4.78 is 5.57. The number of hydrogen-bond acceptors (Lipinski definition) is 3. The average Bonchev–Trinajstić information content (AvgIpc) is 2.28. The van der Waals surface area contributed by atoms with Crippen molar-refractivity contribution in [2.24, 2.45) is 0 Å². The van der Waals surface area contributed by atoms with Gasteiger partial charge in [-0.05, 0) is 36.8 Å². The number of nitrogen functional groups attached to an aromatic ring is 1. The van der Waals surface area contributed by atoms with Crippen molar-refractivity contribution in [2.75, 3.05) is 5.73 Å². The van der Waals surface area contributed by atoms with Crippen LogP contribution >= 0.6 is 0 Å². The van der Waals surface area contributed by atoms with Crippen molar-refractivity contribution in [1.82, 2.24) is 0 Å². The zero-order chi connectivity index (χ0) is 13.1. The number of aryl methyl sites for hydroxylation is 1. The van der Waals surface area contributed by atoms with E-state index in [1.54, 1.807) is 6.07 Å². The first-order chi connectivity index (χ1) is 8.56. The van der Waals surface area contributed by atoms with Gasteiger partial charge in [-0.1, -0.05) is 12.1 Å². The molecule has 0 atom stereocenters. The second-order valence-electron chi connectivity index (χ2n) is 3.98. The predicted octanol–water partition coefficient (Wildman–Crippen LogP) is 3.07. The number of aromatic carboxylic acids is 1. The maximum atomic E-state index is 11.1. The van der Waals surface area contributed by atoms with E-state index in [1.165, 1.54) is 18.2 Å². The Morgan fingerprint density at radius 1 is 1.22 bits per heavy atom. The molecule has 0 aliphatic rings. The van der Waals surface area contributed by atoms with Crippen LogP contribution in [0.1, 0.15) is 15.9 Å². The number of carboxylic acids is 1. The Morgan fingerprint density at radius 2 is 2.00 bits per heavy atom. The lowest BCUT2D eigenvalue weighted by molar-refractivity contribution is 0.0694. The summed E-state index contributed by atoms with van der Waals surface area (Å²) in [4.78, 5) is 11.1. The number of nitrogens with two attached hydrogens (primary N) is 1. The zero-order valence-corrected chi connectivity index (χ0v) is 9.88. The average molecular weight is 243 g/mol. The first-order valence-electron chi connectivity index (χ1n) is 5.43. The minimum Gasteiger partial charge on any atom is -0.478 e. The SMILES string of the molecule is Cc1cccc(Oc2cc(N)ccc2C(=O)O)c1. The highest BCUT2D eigenvalue weighted by Crippen LogP contribution is 2.28. The molecule has 0 aliphatic carbocycles. The van der Waals surface area contributed by atoms with Gasteiger partial charge >= 0.3 is 5.97 Å². The molecule has 2 aromatic rings. The van der Waals surface area contributed by atoms with E-state index in [1.807, 2.05) is 25.1 Å². The third-order valence-corrected chi connectivity index (χ3v) is 2.45. The van der Waals surface area contributed by atoms with Gasteiger partial charge < -0.3 is 15.6 Å². The monoisotopic (exact) mass is 243 g/mol. The van der Waals surface area contributed by atoms with Gasteiger partial charge in [0.1, 0.15) is 17.1 Å². The van der Waals surface area contributed by atoms with Crippen molar-refractivity contribution in [3.8, 4) is 11.5 Å². The lowest BCUT2D eigenvalue weighted by Crippen LogP contribution is -2.01. The van der Waals surface area contributed by atoms with E-state index in [0.29, 0.717) is 11.4 Å². The van der Waals surface area contributed by atoms with E-state index in [0.717, 1.165) is 5.56 Å². The fourth-order valence-electron chi connectivity index (χ4n) is 1.61. The molecule has 0 spiro atoms. The van der Waals surface area contributed by atoms with Gasteiger partial charge in [-0.25, -0.2) is 4.79 Å². The molecule has 0 heterocycles. The smallest absolute Gasteiger partial charge is 0.339 e. The van der Waals surface area contributed by atoms with Crippen molar-refractivity contribution in [1.29, 1.82) is 0 Å². The molecule has 0 aliphatic heterocycles. The molecule has 4 heteroatoms. The van der Waals surface area contributed by atoms with Crippen LogP contribution in [0, 0.1) is 6.92 Å². The Morgan fingerprint density at radius 3 is 2.67 bits per heavy atom. The number of ether oxygens (including phenoxy) is 1. The molecule has 92 valence electrons. The summed E-state index contributed by atoms with van der Waals surface area (Å²) in [6, 6.07) is 11.8. The van der Waals surface area contributed by atoms with Crippen molar-refractivity contribution < 1.29 is 14.6 Å². The van der Waals surface area contributed by atoms with Gasteiger partial charge in [-0.2, -0.15) is 0 Å². The zero-order valence-electron chi connectivity index (χ0n) is 9.88. The summed E-state index contributed by atoms with van der Waals surface area (Å²) in [5.41, 5.74) is 7.22. The molecule has 4 nitrogen and oxygen atoms in total. The Kier molecular flexibility index (Phi) is 3.19. The number of hydrogen-bond donors (Lipinski definition) is 2. The van der Waals surface area contributed by atoms with Gasteiger partial charge in [0, 0.05) is 11.8 Å². The molecule has 0 amide bonds. The summed E-state index contributed by atoms with van der Waals surface area (Å²) >= 11 is 0. The third kappa shape index (κ3) is 2.60. The first kappa shape index (κ1) is 12.0. The van der Waals surface area contributed by atoms with Gasteiger partial charge in [0.25, 0.3) is 0 Å². The predicted molar refractivity (Wildman–Crippen MR) is 69.1 cm³/mol. The number of carboxylic acid groups (broad SMARTS) is 1. The molecule has 2 aromatic carbocycles. The lowest BCUT2D eigenvalue weighted by Gasteiger charge is -2.09. The van der Waals surface area contributed by atoms with E-state index >= 15 is 0 Å². The van der Waals surface area contributed by atoms with E-state index in [2.05, 4.69) is 0 Å². The van der Waals surface area contributed by atoms with Crippen molar-refractivity contribution in [3.63, 3.8) is 0 Å². The molecule has 0 aromatic heterocycles. The van der Waals surface area contributed by atoms with Crippen molar-refractivity contribution in [3.05, 3.63) is 53.6 Å². The summed E-state index contributed by atoms with van der Waals surface area (Å²) in [5, 5.41) is 9.07. The Bertz CT molecular complexity index is 593. The molecule has 0 fully saturated rings.